The molecule has 0 saturated carbocycles. The van der Waals surface area contributed by atoms with Crippen molar-refractivity contribution >= 4 is 17.2 Å². The second-order valence-electron chi connectivity index (χ2n) is 8.07. The van der Waals surface area contributed by atoms with Gasteiger partial charge in [-0.25, -0.2) is 0 Å². The van der Waals surface area contributed by atoms with Crippen LogP contribution in [0.25, 0.3) is 0 Å². The van der Waals surface area contributed by atoms with Gasteiger partial charge in [0.2, 0.25) is 5.91 Å². The van der Waals surface area contributed by atoms with E-state index in [9.17, 15) is 4.79 Å². The molecule has 162 valence electrons. The number of hydrogen-bond donors (Lipinski definition) is 0. The molecule has 1 aliphatic heterocycles. The minimum atomic E-state index is -0.0943. The number of ether oxygens (including phenoxy) is 1. The van der Waals surface area contributed by atoms with Crippen LogP contribution in [0.5, 0.6) is 5.75 Å². The maximum Gasteiger partial charge on any atom is 0.228 e. The van der Waals surface area contributed by atoms with Gasteiger partial charge in [0, 0.05) is 29.9 Å². The molecule has 0 saturated heterocycles. The summed E-state index contributed by atoms with van der Waals surface area (Å²) in [5, 5.41) is 2.03. The van der Waals surface area contributed by atoms with Crippen LogP contribution in [0.3, 0.4) is 0 Å². The number of carbonyl (C=O) groups excluding carboxylic acids is 1. The Labute approximate surface area is 192 Å². The van der Waals surface area contributed by atoms with E-state index in [1.807, 2.05) is 47.8 Å². The fourth-order valence-electron chi connectivity index (χ4n) is 4.35. The Morgan fingerprint density at radius 1 is 0.938 bits per heavy atom. The van der Waals surface area contributed by atoms with Gasteiger partial charge in [0.25, 0.3) is 0 Å². The highest BCUT2D eigenvalue weighted by molar-refractivity contribution is 7.10. The number of aromatic nitrogens is 1. The van der Waals surface area contributed by atoms with E-state index in [-0.39, 0.29) is 11.9 Å². The molecule has 0 N–H and O–H groups in total. The van der Waals surface area contributed by atoms with Crippen LogP contribution in [-0.2, 0) is 24.4 Å². The largest absolute Gasteiger partial charge is 0.489 e. The van der Waals surface area contributed by atoms with Gasteiger partial charge in [0.05, 0.1) is 12.5 Å². The molecule has 5 heteroatoms. The van der Waals surface area contributed by atoms with Crippen molar-refractivity contribution in [1.29, 1.82) is 0 Å². The zero-order valence-electron chi connectivity index (χ0n) is 17.9. The molecule has 0 radical (unpaired) electrons. The highest BCUT2D eigenvalue weighted by Crippen LogP contribution is 2.33. The second-order valence-corrected chi connectivity index (χ2v) is 9.10. The predicted molar refractivity (Wildman–Crippen MR) is 128 cm³/mol. The molecule has 0 bridgehead atoms. The number of hydrogen-bond acceptors (Lipinski definition) is 3. The zero-order chi connectivity index (χ0) is 21.8. The molecule has 3 heterocycles. The number of fused-ring (bicyclic) bond motifs is 1. The number of aryl methyl sites for hydroxylation is 1. The van der Waals surface area contributed by atoms with E-state index in [1.54, 1.807) is 11.3 Å². The van der Waals surface area contributed by atoms with Crippen molar-refractivity contribution in [3.63, 3.8) is 0 Å². The Kier molecular flexibility index (Phi) is 6.08. The first-order chi connectivity index (χ1) is 15.8. The van der Waals surface area contributed by atoms with Gasteiger partial charge in [0.15, 0.2) is 0 Å². The fourth-order valence-corrected chi connectivity index (χ4v) is 5.05. The standard InChI is InChI=1S/C27H26N2O2S/c30-26(19-24-9-5-18-32-24)29-17-6-16-28-15-4-10-25(28)27(29)22-11-13-23(14-12-22)31-20-21-7-2-1-3-8-21/h1-5,7-15,18,27H,6,16-17,19-20H2. The summed E-state index contributed by atoms with van der Waals surface area (Å²) >= 11 is 1.64. The number of amides is 1. The van der Waals surface area contributed by atoms with Crippen molar-refractivity contribution < 1.29 is 9.53 Å². The Bertz CT molecular complexity index is 1150. The predicted octanol–water partition coefficient (Wildman–Crippen LogP) is 5.69. The van der Waals surface area contributed by atoms with Crippen molar-refractivity contribution in [1.82, 2.24) is 9.47 Å². The van der Waals surface area contributed by atoms with Crippen LogP contribution in [-0.4, -0.2) is 21.9 Å². The van der Waals surface area contributed by atoms with Gasteiger partial charge < -0.3 is 14.2 Å². The van der Waals surface area contributed by atoms with Crippen LogP contribution in [0.1, 0.15) is 34.2 Å². The quantitative estimate of drug-likeness (QED) is 0.384. The molecule has 0 spiro atoms. The molecular weight excluding hydrogens is 416 g/mol. The smallest absolute Gasteiger partial charge is 0.228 e. The van der Waals surface area contributed by atoms with Crippen LogP contribution >= 0.6 is 11.3 Å². The van der Waals surface area contributed by atoms with Crippen LogP contribution in [0, 0.1) is 0 Å². The first-order valence-electron chi connectivity index (χ1n) is 11.0. The van der Waals surface area contributed by atoms with Crippen LogP contribution < -0.4 is 4.74 Å². The van der Waals surface area contributed by atoms with Crippen LogP contribution in [0.2, 0.25) is 0 Å². The number of thiophene rings is 1. The molecule has 5 rings (SSSR count). The number of benzene rings is 2. The summed E-state index contributed by atoms with van der Waals surface area (Å²) in [5.74, 6) is 1.01. The molecule has 2 aromatic heterocycles. The molecule has 4 nitrogen and oxygen atoms in total. The topological polar surface area (TPSA) is 34.5 Å². The van der Waals surface area contributed by atoms with Gasteiger partial charge in [-0.1, -0.05) is 48.5 Å². The molecule has 1 amide bonds. The Morgan fingerprint density at radius 2 is 1.78 bits per heavy atom. The van der Waals surface area contributed by atoms with E-state index in [0.29, 0.717) is 13.0 Å². The summed E-state index contributed by atoms with van der Waals surface area (Å²) in [6, 6.07) is 26.5. The zero-order valence-corrected chi connectivity index (χ0v) is 18.7. The van der Waals surface area contributed by atoms with Gasteiger partial charge in [-0.3, -0.25) is 4.79 Å². The molecule has 32 heavy (non-hydrogen) atoms. The van der Waals surface area contributed by atoms with E-state index >= 15 is 0 Å². The Morgan fingerprint density at radius 3 is 2.56 bits per heavy atom. The molecule has 1 atom stereocenters. The Balaban J connectivity index is 1.39. The lowest BCUT2D eigenvalue weighted by molar-refractivity contribution is -0.132. The monoisotopic (exact) mass is 442 g/mol. The number of carbonyl (C=O) groups is 1. The third-order valence-corrected chi connectivity index (χ3v) is 6.80. The Hall–Kier alpha value is -3.31. The molecule has 2 aromatic carbocycles. The molecule has 1 aliphatic rings. The summed E-state index contributed by atoms with van der Waals surface area (Å²) in [5.41, 5.74) is 3.42. The molecular formula is C27H26N2O2S. The normalized spacial score (nSPS) is 15.8. The van der Waals surface area contributed by atoms with Crippen molar-refractivity contribution in [3.8, 4) is 5.75 Å². The SMILES string of the molecule is O=C(Cc1cccs1)N1CCCn2cccc2C1c1ccc(OCc2ccccc2)cc1. The first kappa shape index (κ1) is 20.6. The van der Waals surface area contributed by atoms with Crippen molar-refractivity contribution in [3.05, 3.63) is 112 Å². The third kappa shape index (κ3) is 4.48. The number of rotatable bonds is 6. The highest BCUT2D eigenvalue weighted by Gasteiger charge is 2.30. The summed E-state index contributed by atoms with van der Waals surface area (Å²) in [7, 11) is 0. The van der Waals surface area contributed by atoms with Crippen molar-refractivity contribution in [2.75, 3.05) is 6.54 Å². The van der Waals surface area contributed by atoms with Gasteiger partial charge >= 0.3 is 0 Å². The summed E-state index contributed by atoms with van der Waals surface area (Å²) in [4.78, 5) is 16.5. The van der Waals surface area contributed by atoms with E-state index in [1.165, 1.54) is 5.69 Å². The van der Waals surface area contributed by atoms with Crippen molar-refractivity contribution in [2.24, 2.45) is 0 Å². The summed E-state index contributed by atoms with van der Waals surface area (Å²) < 4.78 is 8.25. The van der Waals surface area contributed by atoms with Gasteiger partial charge in [-0.15, -0.1) is 11.3 Å². The third-order valence-electron chi connectivity index (χ3n) is 5.92. The van der Waals surface area contributed by atoms with Crippen molar-refractivity contribution in [2.45, 2.75) is 32.0 Å². The minimum Gasteiger partial charge on any atom is -0.489 e. The van der Waals surface area contributed by atoms with Crippen LogP contribution in [0.15, 0.2) is 90.4 Å². The van der Waals surface area contributed by atoms with Gasteiger partial charge in [-0.05, 0) is 53.3 Å². The lowest BCUT2D eigenvalue weighted by Crippen LogP contribution is -2.36. The van der Waals surface area contributed by atoms with E-state index < -0.39 is 0 Å². The van der Waals surface area contributed by atoms with Crippen LogP contribution in [0.4, 0.5) is 0 Å². The first-order valence-corrected chi connectivity index (χ1v) is 11.9. The maximum absolute atomic E-state index is 13.4. The fraction of sp³-hybridized carbons (Fsp3) is 0.222. The van der Waals surface area contributed by atoms with Gasteiger partial charge in [0.1, 0.15) is 12.4 Å². The van der Waals surface area contributed by atoms with E-state index in [4.69, 9.17) is 4.74 Å². The van der Waals surface area contributed by atoms with Gasteiger partial charge in [-0.2, -0.15) is 0 Å². The molecule has 0 fully saturated rings. The average Bonchev–Trinajstić information content (AvgIpc) is 3.47. The lowest BCUT2D eigenvalue weighted by Gasteiger charge is -2.31. The summed E-state index contributed by atoms with van der Waals surface area (Å²) in [6.45, 7) is 2.22. The molecule has 0 aliphatic carbocycles. The number of nitrogens with zero attached hydrogens (tertiary/aromatic N) is 2. The molecule has 1 unspecified atom stereocenters. The van der Waals surface area contributed by atoms with E-state index in [2.05, 4.69) is 52.1 Å². The highest BCUT2D eigenvalue weighted by atomic mass is 32.1. The summed E-state index contributed by atoms with van der Waals surface area (Å²) in [6.07, 6.45) is 3.52. The molecule has 4 aromatic rings. The minimum absolute atomic E-state index is 0.0943. The lowest BCUT2D eigenvalue weighted by atomic mass is 10.0. The van der Waals surface area contributed by atoms with E-state index in [0.717, 1.165) is 41.3 Å². The second kappa shape index (κ2) is 9.45. The average molecular weight is 443 g/mol. The maximum atomic E-state index is 13.4.